The van der Waals surface area contributed by atoms with Gasteiger partial charge in [0.1, 0.15) is 12.4 Å². The summed E-state index contributed by atoms with van der Waals surface area (Å²) in [6.45, 7) is 6.01. The Morgan fingerprint density at radius 1 is 1.07 bits per heavy atom. The third kappa shape index (κ3) is 5.08. The van der Waals surface area contributed by atoms with E-state index in [0.29, 0.717) is 21.6 Å². The summed E-state index contributed by atoms with van der Waals surface area (Å²) >= 11 is 1.27. The van der Waals surface area contributed by atoms with Gasteiger partial charge in [-0.15, -0.1) is 11.3 Å². The number of benzene rings is 2. The number of carbonyl (C=O) groups is 1. The minimum Gasteiger partial charge on any atom is -0.488 e. The Bertz CT molecular complexity index is 1130. The van der Waals surface area contributed by atoms with Gasteiger partial charge in [0.05, 0.1) is 9.20 Å². The van der Waals surface area contributed by atoms with Gasteiger partial charge in [0.2, 0.25) is 0 Å². The van der Waals surface area contributed by atoms with E-state index in [9.17, 15) is 9.59 Å². The second kappa shape index (κ2) is 8.40. The van der Waals surface area contributed by atoms with E-state index in [1.807, 2.05) is 75.4 Å². The molecule has 0 aliphatic heterocycles. The van der Waals surface area contributed by atoms with E-state index in [-0.39, 0.29) is 11.3 Å². The van der Waals surface area contributed by atoms with E-state index in [1.54, 1.807) is 6.08 Å². The Hall–Kier alpha value is -2.92. The van der Waals surface area contributed by atoms with Crippen LogP contribution in [0, 0.1) is 5.41 Å². The van der Waals surface area contributed by atoms with E-state index in [2.05, 4.69) is 4.98 Å². The number of nitrogens with one attached hydrogen (secondary N) is 1. The molecule has 3 aromatic rings. The van der Waals surface area contributed by atoms with Gasteiger partial charge < -0.3 is 9.72 Å². The van der Waals surface area contributed by atoms with Crippen molar-refractivity contribution >= 4 is 29.3 Å². The lowest BCUT2D eigenvalue weighted by atomic mass is 9.91. The quantitative estimate of drug-likeness (QED) is 0.724. The Balaban J connectivity index is 1.91. The number of H-pyrrole nitrogens is 1. The summed E-state index contributed by atoms with van der Waals surface area (Å²) in [7, 11) is 0. The third-order valence-corrected chi connectivity index (χ3v) is 5.09. The molecule has 0 spiro atoms. The molecular formula is C23H23NO3S. The van der Waals surface area contributed by atoms with E-state index in [0.717, 1.165) is 11.1 Å². The van der Waals surface area contributed by atoms with Gasteiger partial charge in [-0.1, -0.05) is 69.3 Å². The van der Waals surface area contributed by atoms with Gasteiger partial charge in [-0.25, -0.2) is 0 Å². The van der Waals surface area contributed by atoms with Crippen LogP contribution in [-0.2, 0) is 11.4 Å². The summed E-state index contributed by atoms with van der Waals surface area (Å²) in [4.78, 5) is 27.3. The molecule has 0 radical (unpaired) electrons. The molecule has 1 heterocycles. The molecule has 0 unspecified atom stereocenters. The zero-order valence-corrected chi connectivity index (χ0v) is 17.0. The predicted octanol–water partition coefficient (Wildman–Crippen LogP) is 3.24. The topological polar surface area (TPSA) is 59.2 Å². The van der Waals surface area contributed by atoms with Crippen LogP contribution in [0.5, 0.6) is 5.75 Å². The van der Waals surface area contributed by atoms with Crippen LogP contribution in [0.25, 0.3) is 12.2 Å². The Morgan fingerprint density at radius 2 is 1.75 bits per heavy atom. The molecule has 0 saturated carbocycles. The van der Waals surface area contributed by atoms with Gasteiger partial charge in [0.15, 0.2) is 5.78 Å². The molecule has 0 saturated heterocycles. The van der Waals surface area contributed by atoms with E-state index in [1.165, 1.54) is 17.4 Å². The lowest BCUT2D eigenvalue weighted by Gasteiger charge is -2.12. The Morgan fingerprint density at radius 3 is 2.46 bits per heavy atom. The molecule has 28 heavy (non-hydrogen) atoms. The van der Waals surface area contributed by atoms with Gasteiger partial charge in [0, 0.05) is 17.1 Å². The van der Waals surface area contributed by atoms with E-state index in [4.69, 9.17) is 4.74 Å². The van der Waals surface area contributed by atoms with Crippen LogP contribution >= 0.6 is 11.3 Å². The fraction of sp³-hybridized carbons (Fsp3) is 0.217. The van der Waals surface area contributed by atoms with Crippen LogP contribution in [0.15, 0.2) is 59.4 Å². The van der Waals surface area contributed by atoms with E-state index >= 15 is 0 Å². The van der Waals surface area contributed by atoms with Crippen molar-refractivity contribution in [3.63, 3.8) is 0 Å². The third-order valence-electron chi connectivity index (χ3n) is 4.12. The fourth-order valence-electron chi connectivity index (χ4n) is 2.47. The molecule has 1 N–H and O–H groups in total. The first-order valence-corrected chi connectivity index (χ1v) is 9.87. The van der Waals surface area contributed by atoms with Gasteiger partial charge >= 0.3 is 0 Å². The minimum absolute atomic E-state index is 0.0249. The molecule has 0 aliphatic rings. The summed E-state index contributed by atoms with van der Waals surface area (Å²) in [6, 6.07) is 17.5. The molecule has 1 aromatic heterocycles. The Kier molecular flexibility index (Phi) is 5.95. The first kappa shape index (κ1) is 19.8. The molecule has 0 aliphatic carbocycles. The van der Waals surface area contributed by atoms with Crippen LogP contribution in [0.1, 0.15) is 31.9 Å². The molecule has 5 heteroatoms. The number of carbonyl (C=O) groups excluding carboxylic acids is 1. The van der Waals surface area contributed by atoms with Crippen molar-refractivity contribution in [1.29, 1.82) is 0 Å². The molecule has 144 valence electrons. The van der Waals surface area contributed by atoms with Crippen LogP contribution in [0.2, 0.25) is 0 Å². The van der Waals surface area contributed by atoms with Crippen LogP contribution in [0.3, 0.4) is 0 Å². The molecule has 3 rings (SSSR count). The summed E-state index contributed by atoms with van der Waals surface area (Å²) in [5, 5.41) is 0. The number of ether oxygens (including phenoxy) is 1. The lowest BCUT2D eigenvalue weighted by Crippen LogP contribution is -2.22. The second-order valence-electron chi connectivity index (χ2n) is 7.50. The fourth-order valence-corrected chi connectivity index (χ4v) is 3.34. The highest BCUT2D eigenvalue weighted by molar-refractivity contribution is 7.07. The highest BCUT2D eigenvalue weighted by Crippen LogP contribution is 2.20. The second-order valence-corrected chi connectivity index (χ2v) is 8.58. The summed E-state index contributed by atoms with van der Waals surface area (Å²) in [6.07, 6.45) is 3.30. The van der Waals surface area contributed by atoms with Gasteiger partial charge in [0.25, 0.3) is 5.56 Å². The van der Waals surface area contributed by atoms with Crippen LogP contribution in [-0.4, -0.2) is 10.8 Å². The van der Waals surface area contributed by atoms with Crippen molar-refractivity contribution in [2.24, 2.45) is 5.41 Å². The van der Waals surface area contributed by atoms with Crippen molar-refractivity contribution in [1.82, 2.24) is 4.98 Å². The molecule has 0 amide bonds. The molecule has 2 aromatic carbocycles. The van der Waals surface area contributed by atoms with Crippen LogP contribution < -0.4 is 19.5 Å². The van der Waals surface area contributed by atoms with Gasteiger partial charge in [-0.3, -0.25) is 9.59 Å². The highest BCUT2D eigenvalue weighted by Gasteiger charge is 2.18. The number of aromatic nitrogens is 1. The van der Waals surface area contributed by atoms with E-state index < -0.39 is 5.41 Å². The molecule has 0 atom stereocenters. The number of hydrogen-bond acceptors (Lipinski definition) is 4. The van der Waals surface area contributed by atoms with Crippen molar-refractivity contribution in [3.8, 4) is 5.75 Å². The van der Waals surface area contributed by atoms with Crippen LogP contribution in [0.4, 0.5) is 0 Å². The number of para-hydroxylation sites is 1. The number of rotatable bonds is 5. The van der Waals surface area contributed by atoms with Crippen molar-refractivity contribution in [3.05, 3.63) is 85.3 Å². The van der Waals surface area contributed by atoms with Gasteiger partial charge in [-0.05, 0) is 17.7 Å². The van der Waals surface area contributed by atoms with Crippen molar-refractivity contribution in [2.75, 3.05) is 0 Å². The molecular weight excluding hydrogens is 370 g/mol. The summed E-state index contributed by atoms with van der Waals surface area (Å²) in [5.74, 6) is 0.679. The maximum Gasteiger partial charge on any atom is 0.266 e. The lowest BCUT2D eigenvalue weighted by molar-refractivity contribution is -0.119. The first-order chi connectivity index (χ1) is 13.3. The number of hydrogen-bond donors (Lipinski definition) is 1. The number of ketones is 1. The zero-order valence-electron chi connectivity index (χ0n) is 16.2. The monoisotopic (exact) mass is 393 g/mol. The standard InChI is InChI=1S/C23H23NO3S/c1-23(2,3)20(25)14-21-24-22(26)19(28-21)13-17-11-7-8-12-18(17)27-15-16-9-5-4-6-10-16/h4-14H,15H2,1-3H3,(H,24,26)/b19-13+,21-14+. The maximum absolute atomic E-state index is 12.3. The average Bonchev–Trinajstić information content (AvgIpc) is 3.00. The smallest absolute Gasteiger partial charge is 0.266 e. The predicted molar refractivity (Wildman–Crippen MR) is 114 cm³/mol. The average molecular weight is 394 g/mol. The largest absolute Gasteiger partial charge is 0.488 e. The SMILES string of the molecule is CC(C)(C)C(=O)/C=c1\[nH]c(=O)/c(=C\c2ccccc2OCc2ccccc2)s1. The molecule has 4 nitrogen and oxygen atoms in total. The maximum atomic E-state index is 12.3. The highest BCUT2D eigenvalue weighted by atomic mass is 32.1. The zero-order chi connectivity index (χ0) is 20.1. The normalized spacial score (nSPS) is 13.0. The molecule has 0 fully saturated rings. The number of aromatic amines is 1. The van der Waals surface area contributed by atoms with Crippen molar-refractivity contribution in [2.45, 2.75) is 27.4 Å². The number of Topliss-reactive ketones (excluding diaryl/α,β-unsaturated/α-hetero) is 1. The van der Waals surface area contributed by atoms with Gasteiger partial charge in [-0.2, -0.15) is 0 Å². The Labute approximate surface area is 167 Å². The minimum atomic E-state index is -0.483. The summed E-state index contributed by atoms with van der Waals surface area (Å²) < 4.78 is 7.04. The van der Waals surface area contributed by atoms with Crippen molar-refractivity contribution < 1.29 is 9.53 Å². The molecule has 0 bridgehead atoms. The number of thiazole rings is 1. The summed E-state index contributed by atoms with van der Waals surface area (Å²) in [5.41, 5.74) is 1.20. The first-order valence-electron chi connectivity index (χ1n) is 9.06.